The summed E-state index contributed by atoms with van der Waals surface area (Å²) in [6.07, 6.45) is 0.505. The third-order valence-corrected chi connectivity index (χ3v) is 5.37. The normalized spacial score (nSPS) is 12.0. The van der Waals surface area contributed by atoms with Crippen LogP contribution in [0.15, 0.2) is 34.8 Å². The van der Waals surface area contributed by atoms with E-state index >= 15 is 0 Å². The van der Waals surface area contributed by atoms with Crippen molar-refractivity contribution >= 4 is 56.9 Å². The number of ether oxygens (including phenoxy) is 1. The van der Waals surface area contributed by atoms with Gasteiger partial charge in [0.15, 0.2) is 7.15 Å². The summed E-state index contributed by atoms with van der Waals surface area (Å²) in [6, 6.07) is 7.70. The average molecular weight is 439 g/mol. The van der Waals surface area contributed by atoms with E-state index in [2.05, 4.69) is 15.9 Å². The smallest absolute Gasteiger partial charge is 0.281 e. The first-order chi connectivity index (χ1) is 10.8. The largest absolute Gasteiger partial charge is 0.456 e. The summed E-state index contributed by atoms with van der Waals surface area (Å²) in [6.45, 7) is 1.84. The number of hydrogen-bond acceptors (Lipinski definition) is 4. The summed E-state index contributed by atoms with van der Waals surface area (Å²) >= 11 is 14.9. The lowest BCUT2D eigenvalue weighted by atomic mass is 10.1. The van der Waals surface area contributed by atoms with Crippen molar-refractivity contribution in [3.63, 3.8) is 0 Å². The first-order valence-corrected chi connectivity index (χ1v) is 10.1. The number of nitro groups is 1. The van der Waals surface area contributed by atoms with Crippen LogP contribution in [0.3, 0.4) is 0 Å². The Labute approximate surface area is 151 Å². The van der Waals surface area contributed by atoms with Gasteiger partial charge in [0.25, 0.3) is 5.69 Å². The lowest BCUT2D eigenvalue weighted by Crippen LogP contribution is -2.07. The molecule has 0 amide bonds. The Kier molecular flexibility index (Phi) is 6.09. The van der Waals surface area contributed by atoms with Crippen LogP contribution in [-0.4, -0.2) is 4.92 Å². The van der Waals surface area contributed by atoms with E-state index < -0.39 is 12.1 Å². The first kappa shape index (κ1) is 18.3. The van der Waals surface area contributed by atoms with Gasteiger partial charge in [-0.05, 0) is 46.6 Å². The minimum Gasteiger partial charge on any atom is -0.456 e. The minimum atomic E-state index is -2.77. The summed E-state index contributed by atoms with van der Waals surface area (Å²) < 4.78 is 18.1. The molecular weight excluding hydrogens is 428 g/mol. The van der Waals surface area contributed by atoms with Gasteiger partial charge in [0.1, 0.15) is 16.8 Å². The SMILES string of the molecule is CCc1cc([N+](=O)[O-])c([PH](=O)Cl)cc1Oc1ccc(Cl)cc1Br. The number of nitro benzene ring substituents is 1. The maximum absolute atomic E-state index is 11.7. The van der Waals surface area contributed by atoms with E-state index in [0.29, 0.717) is 33.0 Å². The molecule has 9 heteroatoms. The molecule has 0 bridgehead atoms. The Morgan fingerprint density at radius 2 is 2.00 bits per heavy atom. The molecule has 122 valence electrons. The van der Waals surface area contributed by atoms with Crippen LogP contribution in [0.2, 0.25) is 5.02 Å². The molecule has 5 nitrogen and oxygen atoms in total. The summed E-state index contributed by atoms with van der Waals surface area (Å²) in [5.41, 5.74) is 0.352. The fourth-order valence-corrected chi connectivity index (χ4v) is 3.80. The van der Waals surface area contributed by atoms with Crippen LogP contribution < -0.4 is 10.0 Å². The molecule has 2 aromatic rings. The molecule has 2 rings (SSSR count). The van der Waals surface area contributed by atoms with Gasteiger partial charge >= 0.3 is 0 Å². The highest BCUT2D eigenvalue weighted by molar-refractivity contribution is 9.10. The fraction of sp³-hybridized carbons (Fsp3) is 0.143. The second-order valence-corrected chi connectivity index (χ2v) is 7.94. The molecule has 2 aromatic carbocycles. The molecule has 0 aliphatic rings. The zero-order chi connectivity index (χ0) is 17.1. The highest BCUT2D eigenvalue weighted by Gasteiger charge is 2.22. The molecule has 0 aliphatic carbocycles. The second-order valence-electron chi connectivity index (χ2n) is 4.54. The second kappa shape index (κ2) is 7.67. The summed E-state index contributed by atoms with van der Waals surface area (Å²) in [5.74, 6) is 0.855. The summed E-state index contributed by atoms with van der Waals surface area (Å²) in [5, 5.41) is 11.6. The zero-order valence-electron chi connectivity index (χ0n) is 11.8. The van der Waals surface area contributed by atoms with Crippen LogP contribution in [0, 0.1) is 10.1 Å². The molecule has 1 unspecified atom stereocenters. The molecule has 0 saturated heterocycles. The zero-order valence-corrected chi connectivity index (χ0v) is 15.9. The number of benzene rings is 2. The van der Waals surface area contributed by atoms with E-state index in [1.807, 2.05) is 6.92 Å². The molecule has 23 heavy (non-hydrogen) atoms. The maximum Gasteiger partial charge on any atom is 0.281 e. The third kappa shape index (κ3) is 4.27. The molecule has 0 saturated carbocycles. The molecule has 0 heterocycles. The Morgan fingerprint density at radius 3 is 2.52 bits per heavy atom. The molecule has 0 aromatic heterocycles. The Hall–Kier alpha value is -1.07. The van der Waals surface area contributed by atoms with Crippen molar-refractivity contribution in [1.82, 2.24) is 0 Å². The van der Waals surface area contributed by atoms with Crippen LogP contribution in [-0.2, 0) is 11.0 Å². The van der Waals surface area contributed by atoms with Crippen LogP contribution in [0.5, 0.6) is 11.5 Å². The molecule has 0 spiro atoms. The average Bonchev–Trinajstić information content (AvgIpc) is 2.49. The van der Waals surface area contributed by atoms with Gasteiger partial charge in [-0.25, -0.2) is 0 Å². The Morgan fingerprint density at radius 1 is 1.30 bits per heavy atom. The molecule has 0 N–H and O–H groups in total. The quantitative estimate of drug-likeness (QED) is 0.341. The van der Waals surface area contributed by atoms with Crippen molar-refractivity contribution in [3.05, 3.63) is 55.5 Å². The van der Waals surface area contributed by atoms with Gasteiger partial charge < -0.3 is 9.30 Å². The lowest BCUT2D eigenvalue weighted by molar-refractivity contribution is -0.383. The minimum absolute atomic E-state index is 0.0287. The molecule has 1 atom stereocenters. The predicted molar refractivity (Wildman–Crippen MR) is 96.2 cm³/mol. The predicted octanol–water partition coefficient (Wildman–Crippen LogP) is 5.70. The fourth-order valence-electron chi connectivity index (χ4n) is 1.97. The molecular formula is C14H11BrCl2NO4P. The van der Waals surface area contributed by atoms with Crippen molar-refractivity contribution in [2.75, 3.05) is 0 Å². The van der Waals surface area contributed by atoms with Gasteiger partial charge in [0, 0.05) is 16.7 Å². The Balaban J connectivity index is 2.55. The van der Waals surface area contributed by atoms with Gasteiger partial charge in [-0.1, -0.05) is 29.8 Å². The first-order valence-electron chi connectivity index (χ1n) is 6.47. The number of halogens is 3. The van der Waals surface area contributed by atoms with E-state index in [1.54, 1.807) is 18.2 Å². The highest BCUT2D eigenvalue weighted by Crippen LogP contribution is 2.38. The van der Waals surface area contributed by atoms with Gasteiger partial charge in [-0.2, -0.15) is 0 Å². The highest BCUT2D eigenvalue weighted by atomic mass is 79.9. The van der Waals surface area contributed by atoms with E-state index in [-0.39, 0.29) is 11.0 Å². The summed E-state index contributed by atoms with van der Waals surface area (Å²) in [4.78, 5) is 10.5. The van der Waals surface area contributed by atoms with Gasteiger partial charge in [0.2, 0.25) is 0 Å². The van der Waals surface area contributed by atoms with Crippen molar-refractivity contribution in [3.8, 4) is 11.5 Å². The summed E-state index contributed by atoms with van der Waals surface area (Å²) in [7, 11) is -2.77. The lowest BCUT2D eigenvalue weighted by Gasteiger charge is -2.13. The van der Waals surface area contributed by atoms with Crippen molar-refractivity contribution in [2.24, 2.45) is 0 Å². The Bertz CT molecular complexity index is 801. The number of nitrogens with zero attached hydrogens (tertiary/aromatic N) is 1. The van der Waals surface area contributed by atoms with Crippen molar-refractivity contribution in [2.45, 2.75) is 13.3 Å². The standard InChI is InChI=1S/C14H11BrCl2NO4P/c1-2-8-5-11(18(19)20)14(23(17)21)7-13(8)22-12-4-3-9(16)6-10(12)15/h3-7,23H,2H2,1H3. The maximum atomic E-state index is 11.7. The van der Waals surface area contributed by atoms with Gasteiger partial charge in [-0.15, -0.1) is 0 Å². The van der Waals surface area contributed by atoms with E-state index in [0.717, 1.165) is 0 Å². The number of hydrogen-bond donors (Lipinski definition) is 0. The topological polar surface area (TPSA) is 69.4 Å². The number of rotatable bonds is 5. The molecule has 0 aliphatic heterocycles. The van der Waals surface area contributed by atoms with Crippen LogP contribution >= 0.6 is 45.9 Å². The van der Waals surface area contributed by atoms with E-state index in [4.69, 9.17) is 27.6 Å². The van der Waals surface area contributed by atoms with Gasteiger partial charge in [0.05, 0.1) is 9.40 Å². The van der Waals surface area contributed by atoms with Crippen molar-refractivity contribution in [1.29, 1.82) is 0 Å². The van der Waals surface area contributed by atoms with E-state index in [9.17, 15) is 14.7 Å². The van der Waals surface area contributed by atoms with Crippen molar-refractivity contribution < 1.29 is 14.2 Å². The van der Waals surface area contributed by atoms with E-state index in [1.165, 1.54) is 12.1 Å². The third-order valence-electron chi connectivity index (χ3n) is 3.08. The number of aryl methyl sites for hydroxylation is 1. The van der Waals surface area contributed by atoms with Crippen LogP contribution in [0.1, 0.15) is 12.5 Å². The molecule has 0 radical (unpaired) electrons. The molecule has 0 fully saturated rings. The van der Waals surface area contributed by atoms with Crippen LogP contribution in [0.4, 0.5) is 5.69 Å². The van der Waals surface area contributed by atoms with Gasteiger partial charge in [-0.3, -0.25) is 10.1 Å². The van der Waals surface area contributed by atoms with Crippen LogP contribution in [0.25, 0.3) is 0 Å². The monoisotopic (exact) mass is 437 g/mol.